The van der Waals surface area contributed by atoms with Crippen LogP contribution in [0, 0.1) is 18.3 Å². The number of alkyl halides is 2. The van der Waals surface area contributed by atoms with E-state index in [0.29, 0.717) is 5.69 Å². The Balaban J connectivity index is 1.40. The number of sulfonamides is 1. The van der Waals surface area contributed by atoms with Crippen LogP contribution >= 0.6 is 11.6 Å². The Morgan fingerprint density at radius 2 is 2.12 bits per heavy atom. The first-order chi connectivity index (χ1) is 15.3. The number of aliphatic imine (C=N–C) groups is 1. The molecule has 2 unspecified atom stereocenters. The molecule has 1 N–H and O–H groups in total. The average molecular weight is 503 g/mol. The number of hydrogen-bond donors (Lipinski definition) is 1. The maximum Gasteiger partial charge on any atom is 0.267 e. The van der Waals surface area contributed by atoms with E-state index in [1.807, 2.05) is 4.72 Å². The third-order valence-electron chi connectivity index (χ3n) is 5.78. The monoisotopic (exact) mass is 502 g/mol. The number of rotatable bonds is 7. The second kappa shape index (κ2) is 7.90. The lowest BCUT2D eigenvalue weighted by molar-refractivity contribution is -0.121. The van der Waals surface area contributed by atoms with Crippen LogP contribution in [0.15, 0.2) is 34.4 Å². The molecule has 1 amide bonds. The number of aromatic nitrogens is 4. The molecular weight excluding hydrogens is 482 g/mol. The first-order valence-electron chi connectivity index (χ1n) is 9.89. The average Bonchev–Trinajstić information content (AvgIpc) is 3.09. The first kappa shape index (κ1) is 23.4. The van der Waals surface area contributed by atoms with Gasteiger partial charge in [0.25, 0.3) is 15.9 Å². The number of nitrogens with zero attached hydrogens (tertiary/aromatic N) is 5. The van der Waals surface area contributed by atoms with E-state index in [-0.39, 0.29) is 41.2 Å². The summed E-state index contributed by atoms with van der Waals surface area (Å²) in [7, 11) is -2.55. The fraction of sp³-hybridized carbons (Fsp3) is 0.474. The summed E-state index contributed by atoms with van der Waals surface area (Å²) in [5, 5.41) is 7.89. The molecule has 0 spiro atoms. The molecule has 0 saturated heterocycles. The largest absolute Gasteiger partial charge is 0.476 e. The molecular formula is C19H21ClF2N6O4S. The molecule has 1 aliphatic heterocycles. The number of allylic oxidation sites excluding steroid dienone is 1. The van der Waals surface area contributed by atoms with Crippen molar-refractivity contribution in [2.45, 2.75) is 37.5 Å². The molecule has 178 valence electrons. The summed E-state index contributed by atoms with van der Waals surface area (Å²) < 4.78 is 61.8. The number of ether oxygens (including phenoxy) is 1. The Kier molecular flexibility index (Phi) is 5.60. The predicted octanol–water partition coefficient (Wildman–Crippen LogP) is 2.31. The second-order valence-electron chi connectivity index (χ2n) is 8.30. The number of aryl methyl sites for hydroxylation is 1. The van der Waals surface area contributed by atoms with Gasteiger partial charge in [-0.25, -0.2) is 31.6 Å². The van der Waals surface area contributed by atoms with Crippen molar-refractivity contribution in [2.24, 2.45) is 23.4 Å². The van der Waals surface area contributed by atoms with Crippen molar-refractivity contribution in [1.29, 1.82) is 0 Å². The van der Waals surface area contributed by atoms with Crippen LogP contribution < -0.4 is 9.46 Å². The van der Waals surface area contributed by atoms with Gasteiger partial charge < -0.3 is 4.74 Å². The molecule has 14 heteroatoms. The van der Waals surface area contributed by atoms with Gasteiger partial charge in [-0.2, -0.15) is 5.10 Å². The van der Waals surface area contributed by atoms with Crippen molar-refractivity contribution in [3.8, 4) is 5.88 Å². The summed E-state index contributed by atoms with van der Waals surface area (Å²) in [6.45, 7) is 2.83. The minimum Gasteiger partial charge on any atom is -0.476 e. The number of carbonyl (C=O) groups excluding carboxylic acids is 1. The molecule has 2 atom stereocenters. The number of hydrogen-bond acceptors (Lipinski definition) is 7. The van der Waals surface area contributed by atoms with Crippen molar-refractivity contribution in [3.05, 3.63) is 30.2 Å². The zero-order valence-corrected chi connectivity index (χ0v) is 19.5. The fourth-order valence-corrected chi connectivity index (χ4v) is 4.76. The summed E-state index contributed by atoms with van der Waals surface area (Å²) in [6.07, 6.45) is 4.07. The summed E-state index contributed by atoms with van der Waals surface area (Å²) in [5.74, 6) is -4.15. The van der Waals surface area contributed by atoms with Gasteiger partial charge in [0.1, 0.15) is 16.7 Å². The highest BCUT2D eigenvalue weighted by Gasteiger charge is 2.68. The molecule has 1 fully saturated rings. The Bertz CT molecular complexity index is 1280. The van der Waals surface area contributed by atoms with E-state index in [1.54, 1.807) is 20.0 Å². The summed E-state index contributed by atoms with van der Waals surface area (Å²) in [6, 6.07) is 1.50. The van der Waals surface area contributed by atoms with Crippen LogP contribution in [0.25, 0.3) is 5.82 Å². The SMILES string of the molecule is Cc1c(S(=O)(=O)NC(=O)C2CC=C(n3ccc(OCC4(C)CC4(F)F)n3)N=C2Cl)cnn1C. The molecule has 0 bridgehead atoms. The Morgan fingerprint density at radius 3 is 2.70 bits per heavy atom. The normalized spacial score (nSPS) is 24.1. The van der Waals surface area contributed by atoms with Crippen molar-refractivity contribution in [1.82, 2.24) is 24.3 Å². The number of amides is 1. The Morgan fingerprint density at radius 1 is 1.42 bits per heavy atom. The van der Waals surface area contributed by atoms with Crippen LogP contribution in [-0.2, 0) is 21.9 Å². The molecule has 4 rings (SSSR count). The van der Waals surface area contributed by atoms with Gasteiger partial charge in [-0.3, -0.25) is 9.48 Å². The van der Waals surface area contributed by atoms with Gasteiger partial charge in [0.15, 0.2) is 5.82 Å². The van der Waals surface area contributed by atoms with E-state index in [4.69, 9.17) is 16.3 Å². The lowest BCUT2D eigenvalue weighted by Crippen LogP contribution is -2.38. The zero-order valence-electron chi connectivity index (χ0n) is 17.9. The third-order valence-corrected chi connectivity index (χ3v) is 7.58. The fourth-order valence-electron chi connectivity index (χ4n) is 3.26. The van der Waals surface area contributed by atoms with Crippen molar-refractivity contribution in [2.75, 3.05) is 6.61 Å². The van der Waals surface area contributed by atoms with Crippen LogP contribution in [0.1, 0.15) is 25.5 Å². The van der Waals surface area contributed by atoms with Crippen LogP contribution in [0.4, 0.5) is 8.78 Å². The molecule has 1 saturated carbocycles. The lowest BCUT2D eigenvalue weighted by Gasteiger charge is -2.18. The molecule has 0 aromatic carbocycles. The summed E-state index contributed by atoms with van der Waals surface area (Å²) >= 11 is 6.18. The summed E-state index contributed by atoms with van der Waals surface area (Å²) in [5.41, 5.74) is -0.825. The van der Waals surface area contributed by atoms with Crippen LogP contribution in [0.3, 0.4) is 0 Å². The molecule has 2 aliphatic rings. The van der Waals surface area contributed by atoms with Gasteiger partial charge in [-0.15, -0.1) is 5.10 Å². The molecule has 1 aliphatic carbocycles. The van der Waals surface area contributed by atoms with Gasteiger partial charge in [0.05, 0.1) is 23.2 Å². The van der Waals surface area contributed by atoms with E-state index in [2.05, 4.69) is 15.2 Å². The van der Waals surface area contributed by atoms with Crippen molar-refractivity contribution < 1.29 is 26.7 Å². The van der Waals surface area contributed by atoms with Gasteiger partial charge in [0, 0.05) is 25.7 Å². The van der Waals surface area contributed by atoms with Crippen LogP contribution in [0.5, 0.6) is 5.88 Å². The maximum atomic E-state index is 13.3. The molecule has 0 radical (unpaired) electrons. The lowest BCUT2D eigenvalue weighted by atomic mass is 10.0. The molecule has 33 heavy (non-hydrogen) atoms. The minimum atomic E-state index is -4.13. The van der Waals surface area contributed by atoms with Crippen molar-refractivity contribution in [3.63, 3.8) is 0 Å². The Hall–Kier alpha value is -2.80. The third kappa shape index (κ3) is 4.38. The predicted molar refractivity (Wildman–Crippen MR) is 114 cm³/mol. The number of carbonyl (C=O) groups is 1. The summed E-state index contributed by atoms with van der Waals surface area (Å²) in [4.78, 5) is 16.6. The van der Waals surface area contributed by atoms with Gasteiger partial charge >= 0.3 is 0 Å². The van der Waals surface area contributed by atoms with Gasteiger partial charge in [-0.05, 0) is 19.4 Å². The van der Waals surface area contributed by atoms with E-state index in [0.717, 1.165) is 6.20 Å². The molecule has 3 heterocycles. The van der Waals surface area contributed by atoms with E-state index in [9.17, 15) is 22.0 Å². The van der Waals surface area contributed by atoms with Crippen LogP contribution in [-0.4, -0.2) is 51.6 Å². The standard InChI is InChI=1S/C19H21ClF2N6O4S/c1-11-13(8-23-27(11)3)33(30,31)26-17(29)12-4-5-14(24-16(12)20)28-7-6-15(25-28)32-10-18(2)9-19(18,21)22/h5-8,12H,4,9-10H2,1-3H3,(H,26,29). The minimum absolute atomic E-state index is 0.0748. The number of halogens is 3. The van der Waals surface area contributed by atoms with Gasteiger partial charge in [-0.1, -0.05) is 18.5 Å². The Labute approximate surface area is 193 Å². The van der Waals surface area contributed by atoms with E-state index >= 15 is 0 Å². The number of nitrogens with one attached hydrogen (secondary N) is 1. The second-order valence-corrected chi connectivity index (χ2v) is 10.3. The smallest absolute Gasteiger partial charge is 0.267 e. The maximum absolute atomic E-state index is 13.3. The highest BCUT2D eigenvalue weighted by Crippen LogP contribution is 2.60. The van der Waals surface area contributed by atoms with Crippen molar-refractivity contribution >= 4 is 38.5 Å². The zero-order chi connectivity index (χ0) is 24.2. The first-order valence-corrected chi connectivity index (χ1v) is 11.8. The molecule has 2 aromatic rings. The van der Waals surface area contributed by atoms with Gasteiger partial charge in [0.2, 0.25) is 11.8 Å². The highest BCUT2D eigenvalue weighted by molar-refractivity contribution is 7.90. The van der Waals surface area contributed by atoms with E-state index in [1.165, 1.54) is 28.6 Å². The molecule has 2 aromatic heterocycles. The highest BCUT2D eigenvalue weighted by atomic mass is 35.5. The quantitative estimate of drug-likeness (QED) is 0.620. The van der Waals surface area contributed by atoms with Crippen LogP contribution in [0.2, 0.25) is 0 Å². The van der Waals surface area contributed by atoms with E-state index < -0.39 is 33.2 Å². The topological polar surface area (TPSA) is 120 Å². The molecule has 10 nitrogen and oxygen atoms in total.